The molecule has 400 valence electrons. The van der Waals surface area contributed by atoms with E-state index in [2.05, 4.69) is 0 Å². The van der Waals surface area contributed by atoms with E-state index in [0.717, 1.165) is 44.2 Å². The van der Waals surface area contributed by atoms with Gasteiger partial charge in [-0.3, -0.25) is 29.8 Å². The van der Waals surface area contributed by atoms with E-state index in [9.17, 15) is 118 Å². The number of aryl methyl sites for hydroxylation is 4. The highest BCUT2D eigenvalue weighted by molar-refractivity contribution is 6.67. The van der Waals surface area contributed by atoms with Gasteiger partial charge in [-0.2, -0.15) is 79.0 Å². The molecular formula is C41H33ClF20N4O6. The molecule has 0 fully saturated rings. The summed E-state index contributed by atoms with van der Waals surface area (Å²) in [6, 6.07) is 6.41. The molecule has 4 aromatic carbocycles. The molecule has 1 amide bonds. The number of benzene rings is 4. The number of nitrogen functional groups attached to an aromatic ring is 1. The molecule has 0 aromatic heterocycles. The Balaban J connectivity index is 0.000000599. The van der Waals surface area contributed by atoms with Gasteiger partial charge in [0, 0.05) is 34.6 Å². The Kier molecular flexibility index (Phi) is 19.5. The van der Waals surface area contributed by atoms with Gasteiger partial charge in [-0.05, 0) is 84.8 Å². The highest BCUT2D eigenvalue weighted by Crippen LogP contribution is 2.60. The zero-order valence-electron chi connectivity index (χ0n) is 35.5. The maximum absolute atomic E-state index is 14.8. The Morgan fingerprint density at radius 2 is 0.931 bits per heavy atom. The first-order chi connectivity index (χ1) is 32.0. The smallest absolute Gasteiger partial charge is 0.398 e. The van der Waals surface area contributed by atoms with Crippen molar-refractivity contribution in [2.24, 2.45) is 0 Å². The summed E-state index contributed by atoms with van der Waals surface area (Å²) >= 11 is 4.98. The van der Waals surface area contributed by atoms with Crippen LogP contribution in [0.1, 0.15) is 75.4 Å². The van der Waals surface area contributed by atoms with Crippen molar-refractivity contribution in [2.75, 3.05) is 11.1 Å². The van der Waals surface area contributed by atoms with E-state index in [1.807, 2.05) is 5.32 Å². The summed E-state index contributed by atoms with van der Waals surface area (Å²) in [6.45, 7) is 4.55. The van der Waals surface area contributed by atoms with Gasteiger partial charge in [0.25, 0.3) is 11.1 Å². The average molecular weight is 1090 g/mol. The zero-order chi connectivity index (χ0) is 55.6. The van der Waals surface area contributed by atoms with E-state index in [1.54, 1.807) is 0 Å². The molecule has 0 spiro atoms. The molecular weight excluding hydrogens is 1060 g/mol. The third-order valence-electron chi connectivity index (χ3n) is 9.85. The molecule has 0 aliphatic carbocycles. The largest absolute Gasteiger partial charge is 0.457 e. The minimum absolute atomic E-state index is 0. The Bertz CT molecular complexity index is 2640. The van der Waals surface area contributed by atoms with Gasteiger partial charge in [-0.1, -0.05) is 45.5 Å². The number of carbonyl (C=O) groups is 2. The monoisotopic (exact) mass is 1090 g/mol. The molecule has 0 heterocycles. The number of hydrogen-bond donors (Lipinski definition) is 2. The molecule has 10 nitrogen and oxygen atoms in total. The first-order valence-corrected chi connectivity index (χ1v) is 19.1. The van der Waals surface area contributed by atoms with Crippen LogP contribution in [0.5, 0.6) is 0 Å². The predicted molar refractivity (Wildman–Crippen MR) is 216 cm³/mol. The SMILES string of the molecule is C.CCc1cc(C(F)(C(F)(F)F)C(F)(F)C(F)(F)F)cc(C)c1N.CCc1cc(C(F)(C(F)(F)F)C(F)(F)C(F)(F)F)cc(C)c1NC(=O)c1cccc([N+](=O)[O-])c1F.O=C(Cl)c1cccc([N+](=O)[O-])c1F. The van der Waals surface area contributed by atoms with Crippen LogP contribution in [-0.4, -0.2) is 57.5 Å². The normalized spacial score (nSPS) is 14.0. The molecule has 4 aromatic rings. The van der Waals surface area contributed by atoms with E-state index in [1.165, 1.54) is 19.9 Å². The number of halogens is 21. The highest BCUT2D eigenvalue weighted by atomic mass is 35.5. The Morgan fingerprint density at radius 3 is 1.26 bits per heavy atom. The van der Waals surface area contributed by atoms with E-state index >= 15 is 0 Å². The topological polar surface area (TPSA) is 158 Å². The maximum Gasteiger partial charge on any atom is 0.457 e. The summed E-state index contributed by atoms with van der Waals surface area (Å²) in [7, 11) is 0. The predicted octanol–water partition coefficient (Wildman–Crippen LogP) is 14.6. The van der Waals surface area contributed by atoms with Crippen LogP contribution in [0, 0.1) is 45.7 Å². The molecule has 0 radical (unpaired) electrons. The van der Waals surface area contributed by atoms with Gasteiger partial charge >= 0.3 is 59.3 Å². The molecule has 31 heteroatoms. The molecule has 0 bridgehead atoms. The van der Waals surface area contributed by atoms with Crippen LogP contribution < -0.4 is 11.1 Å². The summed E-state index contributed by atoms with van der Waals surface area (Å²) in [4.78, 5) is 42.0. The molecule has 2 unspecified atom stereocenters. The standard InChI is InChI=1S/C20H14F10N2O3.C13H12F9N.C7H3ClFNO3.CH4/c1-3-10-8-11(17(22,19(25,26)27)18(23,24)20(28,29)30)7-9(2)15(10)31-16(33)12-5-4-6-13(14(12)21)32(34)35;1-3-7-5-8(4-6(2)9(7)23)10(14,12(17,18)19)11(15,16)13(20,21)22;8-7(11)4-2-1-3-5(6(4)9)10(12)13;/h4-8H,3H2,1-2H3,(H,31,33);4-5H,3,23H2,1-2H3;1-3H;1H4. The number of carbonyl (C=O) groups excluding carboxylic acids is 2. The third-order valence-corrected chi connectivity index (χ3v) is 10.1. The summed E-state index contributed by atoms with van der Waals surface area (Å²) in [5, 5.41) is 22.0. The fraction of sp³-hybridized carbons (Fsp3) is 0.366. The van der Waals surface area contributed by atoms with E-state index in [-0.39, 0.29) is 54.9 Å². The van der Waals surface area contributed by atoms with Crippen molar-refractivity contribution in [1.29, 1.82) is 0 Å². The summed E-state index contributed by atoms with van der Waals surface area (Å²) in [5.74, 6) is -17.7. The first-order valence-electron chi connectivity index (χ1n) is 18.8. The number of nitrogens with two attached hydrogens (primary N) is 1. The fourth-order valence-electron chi connectivity index (χ4n) is 6.15. The van der Waals surface area contributed by atoms with Crippen molar-refractivity contribution in [1.82, 2.24) is 0 Å². The lowest BCUT2D eigenvalue weighted by molar-refractivity contribution is -0.389. The van der Waals surface area contributed by atoms with Crippen LogP contribution in [0.3, 0.4) is 0 Å². The number of nitrogens with zero attached hydrogens (tertiary/aromatic N) is 2. The van der Waals surface area contributed by atoms with E-state index in [0.29, 0.717) is 0 Å². The minimum Gasteiger partial charge on any atom is -0.398 e. The van der Waals surface area contributed by atoms with E-state index < -0.39 is 137 Å². The van der Waals surface area contributed by atoms with Gasteiger partial charge in [-0.25, -0.2) is 8.78 Å². The molecule has 4 rings (SSSR count). The van der Waals surface area contributed by atoms with Gasteiger partial charge in [0.05, 0.1) is 21.0 Å². The summed E-state index contributed by atoms with van der Waals surface area (Å²) < 4.78 is 265. The Morgan fingerprint density at radius 1 is 0.583 bits per heavy atom. The number of rotatable bonds is 11. The highest BCUT2D eigenvalue weighted by Gasteiger charge is 2.83. The average Bonchev–Trinajstić information content (AvgIpc) is 3.22. The number of anilines is 2. The van der Waals surface area contributed by atoms with Gasteiger partial charge in [-0.15, -0.1) is 0 Å². The third kappa shape index (κ3) is 12.0. The van der Waals surface area contributed by atoms with Crippen molar-refractivity contribution >= 4 is 45.5 Å². The summed E-state index contributed by atoms with van der Waals surface area (Å²) in [6.07, 6.45) is -27.3. The van der Waals surface area contributed by atoms with Gasteiger partial charge in [0.2, 0.25) is 11.6 Å². The molecule has 2 atom stereocenters. The van der Waals surface area contributed by atoms with Crippen LogP contribution in [0.2, 0.25) is 0 Å². The number of alkyl halides is 18. The number of hydrogen-bond acceptors (Lipinski definition) is 7. The first kappa shape index (κ1) is 63.5. The number of nitrogens with one attached hydrogen (secondary N) is 1. The summed E-state index contributed by atoms with van der Waals surface area (Å²) in [5.41, 5.74) is -15.7. The lowest BCUT2D eigenvalue weighted by Crippen LogP contribution is -2.59. The lowest BCUT2D eigenvalue weighted by atomic mass is 9.85. The van der Waals surface area contributed by atoms with Crippen LogP contribution in [0.4, 0.5) is 111 Å². The van der Waals surface area contributed by atoms with Gasteiger partial charge in [0.1, 0.15) is 0 Å². The van der Waals surface area contributed by atoms with Crippen molar-refractivity contribution in [3.63, 3.8) is 0 Å². The molecule has 0 aliphatic rings. The Labute approximate surface area is 396 Å². The maximum atomic E-state index is 14.8. The molecule has 0 saturated heterocycles. The second kappa shape index (κ2) is 22.1. The molecule has 3 N–H and O–H groups in total. The van der Waals surface area contributed by atoms with Crippen molar-refractivity contribution < 1.29 is 107 Å². The minimum atomic E-state index is -6.91. The number of nitro groups is 2. The van der Waals surface area contributed by atoms with Gasteiger partial charge < -0.3 is 11.1 Å². The molecule has 0 saturated carbocycles. The van der Waals surface area contributed by atoms with Crippen LogP contribution in [-0.2, 0) is 24.2 Å². The quantitative estimate of drug-likeness (QED) is 0.0497. The Hall–Kier alpha value is -6.49. The number of amides is 1. The van der Waals surface area contributed by atoms with Crippen LogP contribution >= 0.6 is 11.6 Å². The lowest BCUT2D eigenvalue weighted by Gasteiger charge is -2.36. The number of nitro benzene ring substituents is 2. The van der Waals surface area contributed by atoms with Crippen molar-refractivity contribution in [3.05, 3.63) is 137 Å². The van der Waals surface area contributed by atoms with Gasteiger partial charge in [0.15, 0.2) is 0 Å². The fourth-order valence-corrected chi connectivity index (χ4v) is 6.29. The van der Waals surface area contributed by atoms with Crippen LogP contribution in [0.15, 0.2) is 60.7 Å². The molecule has 72 heavy (non-hydrogen) atoms. The van der Waals surface area contributed by atoms with Crippen molar-refractivity contribution in [3.8, 4) is 0 Å². The van der Waals surface area contributed by atoms with Crippen LogP contribution in [0.25, 0.3) is 0 Å². The molecule has 0 aliphatic heterocycles. The van der Waals surface area contributed by atoms with E-state index in [4.69, 9.17) is 17.3 Å². The second-order valence-electron chi connectivity index (χ2n) is 14.4. The zero-order valence-corrected chi connectivity index (χ0v) is 36.3. The van der Waals surface area contributed by atoms with Crippen molar-refractivity contribution in [2.45, 2.75) is 95.9 Å². The second-order valence-corrected chi connectivity index (χ2v) is 14.7.